The maximum atomic E-state index is 10.9. The van der Waals surface area contributed by atoms with Gasteiger partial charge in [-0.15, -0.1) is 0 Å². The number of nitrogens with one attached hydrogen (secondary N) is 1. The zero-order chi connectivity index (χ0) is 13.8. The van der Waals surface area contributed by atoms with Crippen LogP contribution in [0, 0.1) is 10.1 Å². The van der Waals surface area contributed by atoms with Crippen molar-refractivity contribution in [1.29, 1.82) is 0 Å². The number of nitrogens with zero attached hydrogens (tertiary/aromatic N) is 2. The van der Waals surface area contributed by atoms with Crippen molar-refractivity contribution >= 4 is 23.1 Å². The molecule has 2 heterocycles. The normalized spacial score (nSPS) is 12.1. The Bertz CT molecular complexity index is 572. The molecule has 2 aromatic heterocycles. The van der Waals surface area contributed by atoms with Gasteiger partial charge in [0.25, 0.3) is 0 Å². The Morgan fingerprint density at radius 3 is 2.95 bits per heavy atom. The standard InChI is InChI=1S/C12H12ClN3O3/c1-8(7-9-3-2-6-19-9)14-12-10(16(17)18)4-5-11(13)15-12/h2-6,8H,7H2,1H3,(H,14,15). The van der Waals surface area contributed by atoms with Crippen molar-refractivity contribution in [2.75, 3.05) is 5.32 Å². The molecule has 0 saturated heterocycles. The van der Waals surface area contributed by atoms with Gasteiger partial charge in [-0.2, -0.15) is 0 Å². The summed E-state index contributed by atoms with van der Waals surface area (Å²) in [4.78, 5) is 14.3. The van der Waals surface area contributed by atoms with E-state index in [1.165, 1.54) is 12.1 Å². The van der Waals surface area contributed by atoms with E-state index in [0.717, 1.165) is 5.76 Å². The number of pyridine rings is 1. The highest BCUT2D eigenvalue weighted by atomic mass is 35.5. The average Bonchev–Trinajstić information content (AvgIpc) is 2.81. The zero-order valence-electron chi connectivity index (χ0n) is 10.2. The van der Waals surface area contributed by atoms with Crippen LogP contribution in [0.15, 0.2) is 34.9 Å². The van der Waals surface area contributed by atoms with Gasteiger partial charge in [-0.05, 0) is 25.1 Å². The number of hydrogen-bond donors (Lipinski definition) is 1. The Hall–Kier alpha value is -2.08. The second kappa shape index (κ2) is 5.71. The summed E-state index contributed by atoms with van der Waals surface area (Å²) in [5, 5.41) is 14.1. The molecule has 7 heteroatoms. The molecule has 0 aliphatic carbocycles. The molecule has 0 saturated carbocycles. The molecule has 0 radical (unpaired) electrons. The van der Waals surface area contributed by atoms with Crippen LogP contribution in [-0.2, 0) is 6.42 Å². The summed E-state index contributed by atoms with van der Waals surface area (Å²) in [6, 6.07) is 6.29. The minimum absolute atomic E-state index is 0.0733. The van der Waals surface area contributed by atoms with Crippen molar-refractivity contribution in [2.24, 2.45) is 0 Å². The highest BCUT2D eigenvalue weighted by Crippen LogP contribution is 2.25. The van der Waals surface area contributed by atoms with Crippen molar-refractivity contribution in [3.63, 3.8) is 0 Å². The average molecular weight is 282 g/mol. The van der Waals surface area contributed by atoms with Crippen LogP contribution in [0.3, 0.4) is 0 Å². The van der Waals surface area contributed by atoms with E-state index in [9.17, 15) is 10.1 Å². The topological polar surface area (TPSA) is 81.2 Å². The molecule has 100 valence electrons. The van der Waals surface area contributed by atoms with Crippen LogP contribution in [-0.4, -0.2) is 15.9 Å². The lowest BCUT2D eigenvalue weighted by Gasteiger charge is -2.13. The molecule has 0 amide bonds. The van der Waals surface area contributed by atoms with Gasteiger partial charge in [0, 0.05) is 18.5 Å². The van der Waals surface area contributed by atoms with Gasteiger partial charge in [0.1, 0.15) is 10.9 Å². The Kier molecular flexibility index (Phi) is 4.01. The number of rotatable bonds is 5. The molecular formula is C12H12ClN3O3. The molecule has 19 heavy (non-hydrogen) atoms. The smallest absolute Gasteiger partial charge is 0.311 e. The zero-order valence-corrected chi connectivity index (χ0v) is 10.9. The second-order valence-electron chi connectivity index (χ2n) is 4.09. The van der Waals surface area contributed by atoms with Crippen molar-refractivity contribution in [1.82, 2.24) is 4.98 Å². The first-order valence-electron chi connectivity index (χ1n) is 5.66. The fourth-order valence-corrected chi connectivity index (χ4v) is 1.84. The summed E-state index contributed by atoms with van der Waals surface area (Å²) in [5.74, 6) is 0.959. The number of nitro groups is 1. The number of aromatic nitrogens is 1. The Labute approximate surface area is 114 Å². The van der Waals surface area contributed by atoms with E-state index in [-0.39, 0.29) is 22.7 Å². The van der Waals surface area contributed by atoms with Crippen LogP contribution in [0.2, 0.25) is 5.15 Å². The number of halogens is 1. The third-order valence-corrected chi connectivity index (χ3v) is 2.72. The van der Waals surface area contributed by atoms with E-state index >= 15 is 0 Å². The molecule has 2 aromatic rings. The summed E-state index contributed by atoms with van der Waals surface area (Å²) in [6.45, 7) is 1.88. The third kappa shape index (κ3) is 3.45. The van der Waals surface area contributed by atoms with Crippen molar-refractivity contribution in [3.05, 3.63) is 51.6 Å². The molecule has 0 aliphatic rings. The molecule has 0 spiro atoms. The second-order valence-corrected chi connectivity index (χ2v) is 4.47. The minimum Gasteiger partial charge on any atom is -0.469 e. The van der Waals surface area contributed by atoms with Crippen molar-refractivity contribution < 1.29 is 9.34 Å². The summed E-state index contributed by atoms with van der Waals surface area (Å²) in [5.41, 5.74) is -0.101. The first-order valence-corrected chi connectivity index (χ1v) is 6.04. The van der Waals surface area contributed by atoms with E-state index in [1.54, 1.807) is 12.3 Å². The van der Waals surface area contributed by atoms with E-state index in [2.05, 4.69) is 10.3 Å². The fourth-order valence-electron chi connectivity index (χ4n) is 1.70. The van der Waals surface area contributed by atoms with Gasteiger partial charge in [-0.25, -0.2) is 4.98 Å². The molecule has 0 bridgehead atoms. The lowest BCUT2D eigenvalue weighted by Crippen LogP contribution is -2.19. The van der Waals surface area contributed by atoms with Crippen molar-refractivity contribution in [2.45, 2.75) is 19.4 Å². The van der Waals surface area contributed by atoms with E-state index < -0.39 is 4.92 Å². The summed E-state index contributed by atoms with van der Waals surface area (Å²) in [7, 11) is 0. The first kappa shape index (κ1) is 13.4. The minimum atomic E-state index is -0.495. The van der Waals surface area contributed by atoms with Gasteiger partial charge in [0.2, 0.25) is 5.82 Å². The molecule has 0 aromatic carbocycles. The Morgan fingerprint density at radius 1 is 1.53 bits per heavy atom. The van der Waals surface area contributed by atoms with E-state index in [4.69, 9.17) is 16.0 Å². The predicted octanol–water partition coefficient (Wildman–Crippen LogP) is 3.28. The molecule has 0 fully saturated rings. The van der Waals surface area contributed by atoms with Crippen LogP contribution in [0.1, 0.15) is 12.7 Å². The quantitative estimate of drug-likeness (QED) is 0.517. The number of anilines is 1. The van der Waals surface area contributed by atoms with Gasteiger partial charge >= 0.3 is 5.69 Å². The van der Waals surface area contributed by atoms with Crippen LogP contribution < -0.4 is 5.32 Å². The lowest BCUT2D eigenvalue weighted by atomic mass is 10.2. The molecule has 1 N–H and O–H groups in total. The van der Waals surface area contributed by atoms with Gasteiger partial charge in [0.15, 0.2) is 0 Å². The summed E-state index contributed by atoms with van der Waals surface area (Å²) in [6.07, 6.45) is 2.18. The lowest BCUT2D eigenvalue weighted by molar-refractivity contribution is -0.384. The van der Waals surface area contributed by atoms with E-state index in [0.29, 0.717) is 6.42 Å². The van der Waals surface area contributed by atoms with Gasteiger partial charge < -0.3 is 9.73 Å². The van der Waals surface area contributed by atoms with Crippen LogP contribution >= 0.6 is 11.6 Å². The number of hydrogen-bond acceptors (Lipinski definition) is 5. The monoisotopic (exact) mass is 281 g/mol. The summed E-state index contributed by atoms with van der Waals surface area (Å²) >= 11 is 5.76. The van der Waals surface area contributed by atoms with Crippen molar-refractivity contribution in [3.8, 4) is 0 Å². The molecule has 6 nitrogen and oxygen atoms in total. The highest BCUT2D eigenvalue weighted by molar-refractivity contribution is 6.29. The third-order valence-electron chi connectivity index (χ3n) is 2.51. The molecule has 1 atom stereocenters. The fraction of sp³-hybridized carbons (Fsp3) is 0.250. The SMILES string of the molecule is CC(Cc1ccco1)Nc1nc(Cl)ccc1[N+](=O)[O-]. The van der Waals surface area contributed by atoms with Gasteiger partial charge in [-0.3, -0.25) is 10.1 Å². The molecule has 2 rings (SSSR count). The molecule has 1 unspecified atom stereocenters. The molecular weight excluding hydrogens is 270 g/mol. The maximum absolute atomic E-state index is 10.9. The van der Waals surface area contributed by atoms with Crippen LogP contribution in [0.25, 0.3) is 0 Å². The van der Waals surface area contributed by atoms with E-state index in [1.807, 2.05) is 13.0 Å². The number of furan rings is 1. The largest absolute Gasteiger partial charge is 0.469 e. The first-order chi connectivity index (χ1) is 9.06. The van der Waals surface area contributed by atoms with Crippen LogP contribution in [0.5, 0.6) is 0 Å². The summed E-state index contributed by atoms with van der Waals surface area (Å²) < 4.78 is 5.22. The Morgan fingerprint density at radius 2 is 2.32 bits per heavy atom. The maximum Gasteiger partial charge on any atom is 0.311 e. The Balaban J connectivity index is 2.13. The van der Waals surface area contributed by atoms with Crippen LogP contribution in [0.4, 0.5) is 11.5 Å². The predicted molar refractivity (Wildman–Crippen MR) is 71.4 cm³/mol. The van der Waals surface area contributed by atoms with Gasteiger partial charge in [-0.1, -0.05) is 11.6 Å². The van der Waals surface area contributed by atoms with Gasteiger partial charge in [0.05, 0.1) is 11.2 Å². The molecule has 0 aliphatic heterocycles. The highest BCUT2D eigenvalue weighted by Gasteiger charge is 2.18.